The minimum atomic E-state index is 0.504. The fourth-order valence-electron chi connectivity index (χ4n) is 4.14. The van der Waals surface area contributed by atoms with Crippen LogP contribution in [0.4, 0.5) is 0 Å². The minimum Gasteiger partial charge on any atom is -0.319 e. The first-order chi connectivity index (χ1) is 7.55. The molecule has 0 amide bonds. The van der Waals surface area contributed by atoms with Gasteiger partial charge >= 0.3 is 0 Å². The van der Waals surface area contributed by atoms with Crippen LogP contribution in [-0.2, 0) is 0 Å². The Kier molecular flexibility index (Phi) is 3.63. The quantitative estimate of drug-likeness (QED) is 0.749. The maximum atomic E-state index is 3.41. The van der Waals surface area contributed by atoms with Crippen molar-refractivity contribution in [2.75, 3.05) is 13.6 Å². The first-order valence-electron chi connectivity index (χ1n) is 7.20. The predicted molar refractivity (Wildman–Crippen MR) is 70.4 cm³/mol. The van der Waals surface area contributed by atoms with Crippen molar-refractivity contribution in [3.63, 3.8) is 0 Å². The molecular weight excluding hydrogens is 194 g/mol. The van der Waals surface area contributed by atoms with Crippen molar-refractivity contribution in [1.82, 2.24) is 5.32 Å². The van der Waals surface area contributed by atoms with E-state index in [0.29, 0.717) is 5.41 Å². The highest BCUT2D eigenvalue weighted by Crippen LogP contribution is 2.52. The smallest absolute Gasteiger partial charge is 0.000471 e. The molecule has 0 aromatic rings. The van der Waals surface area contributed by atoms with Crippen molar-refractivity contribution in [2.24, 2.45) is 29.1 Å². The Bertz CT molecular complexity index is 236. The van der Waals surface area contributed by atoms with Crippen LogP contribution in [0.3, 0.4) is 0 Å². The number of hydrogen-bond donors (Lipinski definition) is 1. The second-order valence-electron chi connectivity index (χ2n) is 6.98. The minimum absolute atomic E-state index is 0.504. The zero-order valence-corrected chi connectivity index (χ0v) is 11.6. The summed E-state index contributed by atoms with van der Waals surface area (Å²) in [4.78, 5) is 0. The van der Waals surface area contributed by atoms with E-state index in [1.165, 1.54) is 32.2 Å². The lowest BCUT2D eigenvalue weighted by molar-refractivity contribution is 0.133. The Morgan fingerprint density at radius 3 is 2.44 bits per heavy atom. The summed E-state index contributed by atoms with van der Waals surface area (Å²) >= 11 is 0. The van der Waals surface area contributed by atoms with Gasteiger partial charge in [-0.25, -0.2) is 0 Å². The lowest BCUT2D eigenvalue weighted by atomic mass is 9.69. The third-order valence-corrected chi connectivity index (χ3v) is 5.59. The molecule has 1 nitrogen and oxygen atoms in total. The summed E-state index contributed by atoms with van der Waals surface area (Å²) in [5.41, 5.74) is 0.504. The van der Waals surface area contributed by atoms with Gasteiger partial charge in [0.2, 0.25) is 0 Å². The van der Waals surface area contributed by atoms with Gasteiger partial charge in [-0.1, -0.05) is 27.2 Å². The van der Waals surface area contributed by atoms with Crippen LogP contribution in [0.25, 0.3) is 0 Å². The van der Waals surface area contributed by atoms with Crippen LogP contribution in [0.1, 0.15) is 52.9 Å². The molecule has 0 aliphatic heterocycles. The van der Waals surface area contributed by atoms with Crippen LogP contribution in [0.5, 0.6) is 0 Å². The molecule has 2 saturated carbocycles. The van der Waals surface area contributed by atoms with Gasteiger partial charge in [0.1, 0.15) is 0 Å². The lowest BCUT2D eigenvalue weighted by Crippen LogP contribution is -2.37. The van der Waals surface area contributed by atoms with E-state index in [0.717, 1.165) is 23.7 Å². The summed E-state index contributed by atoms with van der Waals surface area (Å²) in [5.74, 6) is 4.01. The molecule has 94 valence electrons. The molecule has 2 rings (SSSR count). The van der Waals surface area contributed by atoms with Gasteiger partial charge in [-0.05, 0) is 61.8 Å². The first-order valence-corrected chi connectivity index (χ1v) is 7.20. The Labute approximate surface area is 101 Å². The fourth-order valence-corrected chi connectivity index (χ4v) is 4.14. The molecule has 0 spiro atoms. The topological polar surface area (TPSA) is 12.0 Å². The summed E-state index contributed by atoms with van der Waals surface area (Å²) in [6, 6.07) is 0. The van der Waals surface area contributed by atoms with E-state index >= 15 is 0 Å². The van der Waals surface area contributed by atoms with E-state index in [1.54, 1.807) is 6.42 Å². The molecule has 16 heavy (non-hydrogen) atoms. The highest BCUT2D eigenvalue weighted by molar-refractivity contribution is 4.94. The van der Waals surface area contributed by atoms with Gasteiger partial charge in [0.05, 0.1) is 0 Å². The average Bonchev–Trinajstić information content (AvgIpc) is 2.79. The number of rotatable bonds is 5. The molecule has 0 aromatic heterocycles. The Morgan fingerprint density at radius 1 is 1.25 bits per heavy atom. The van der Waals surface area contributed by atoms with Gasteiger partial charge in [0.15, 0.2) is 0 Å². The van der Waals surface area contributed by atoms with Crippen molar-refractivity contribution >= 4 is 0 Å². The number of nitrogens with one attached hydrogen (secondary N) is 1. The van der Waals surface area contributed by atoms with Crippen LogP contribution < -0.4 is 5.32 Å². The van der Waals surface area contributed by atoms with E-state index in [-0.39, 0.29) is 0 Å². The van der Waals surface area contributed by atoms with Crippen molar-refractivity contribution in [3.8, 4) is 0 Å². The average molecular weight is 223 g/mol. The zero-order valence-electron chi connectivity index (χ0n) is 11.6. The second-order valence-corrected chi connectivity index (χ2v) is 6.98. The van der Waals surface area contributed by atoms with E-state index in [2.05, 4.69) is 33.1 Å². The Morgan fingerprint density at radius 2 is 2.00 bits per heavy atom. The van der Waals surface area contributed by atoms with Crippen molar-refractivity contribution in [1.29, 1.82) is 0 Å². The third-order valence-electron chi connectivity index (χ3n) is 5.59. The van der Waals surface area contributed by atoms with E-state index in [1.807, 2.05) is 0 Å². The molecule has 0 saturated heterocycles. The van der Waals surface area contributed by atoms with Crippen molar-refractivity contribution < 1.29 is 0 Å². The maximum absolute atomic E-state index is 3.41. The summed E-state index contributed by atoms with van der Waals surface area (Å²) in [6.07, 6.45) is 7.61. The normalized spacial score (nSPS) is 36.9. The molecule has 2 aliphatic rings. The molecule has 2 fully saturated rings. The van der Waals surface area contributed by atoms with Gasteiger partial charge in [-0.3, -0.25) is 0 Å². The molecule has 1 heteroatoms. The van der Waals surface area contributed by atoms with E-state index in [4.69, 9.17) is 0 Å². The second kappa shape index (κ2) is 4.68. The Balaban J connectivity index is 1.95. The largest absolute Gasteiger partial charge is 0.319 e. The van der Waals surface area contributed by atoms with Crippen LogP contribution in [-0.4, -0.2) is 13.6 Å². The molecule has 4 unspecified atom stereocenters. The number of fused-ring (bicyclic) bond motifs is 2. The van der Waals surface area contributed by atoms with Crippen molar-refractivity contribution in [2.45, 2.75) is 52.9 Å². The molecule has 0 aromatic carbocycles. The van der Waals surface area contributed by atoms with Gasteiger partial charge in [-0.15, -0.1) is 0 Å². The van der Waals surface area contributed by atoms with Gasteiger partial charge < -0.3 is 5.32 Å². The Hall–Kier alpha value is -0.0400. The fraction of sp³-hybridized carbons (Fsp3) is 1.00. The molecule has 2 aliphatic carbocycles. The van der Waals surface area contributed by atoms with Crippen molar-refractivity contribution in [3.05, 3.63) is 0 Å². The summed E-state index contributed by atoms with van der Waals surface area (Å²) in [6.45, 7) is 8.45. The van der Waals surface area contributed by atoms with Crippen LogP contribution in [0.15, 0.2) is 0 Å². The molecule has 1 N–H and O–H groups in total. The number of hydrogen-bond acceptors (Lipinski definition) is 1. The predicted octanol–water partition coefficient (Wildman–Crippen LogP) is 3.69. The summed E-state index contributed by atoms with van der Waals surface area (Å²) < 4.78 is 0. The first kappa shape index (κ1) is 12.4. The van der Waals surface area contributed by atoms with Gasteiger partial charge in [0.25, 0.3) is 0 Å². The maximum Gasteiger partial charge on any atom is 0.000471 e. The van der Waals surface area contributed by atoms with E-state index < -0.39 is 0 Å². The van der Waals surface area contributed by atoms with Crippen LogP contribution in [0, 0.1) is 29.1 Å². The highest BCUT2D eigenvalue weighted by Gasteiger charge is 2.42. The van der Waals surface area contributed by atoms with Crippen LogP contribution in [0.2, 0.25) is 0 Å². The third kappa shape index (κ3) is 2.30. The molecule has 4 atom stereocenters. The molecule has 0 radical (unpaired) electrons. The highest BCUT2D eigenvalue weighted by atomic mass is 14.8. The summed E-state index contributed by atoms with van der Waals surface area (Å²) in [7, 11) is 2.10. The molecular formula is C15H29N. The molecule has 2 bridgehead atoms. The molecule has 0 heterocycles. The lowest BCUT2D eigenvalue weighted by Gasteiger charge is -2.38. The van der Waals surface area contributed by atoms with Crippen LogP contribution >= 0.6 is 0 Å². The van der Waals surface area contributed by atoms with E-state index in [9.17, 15) is 0 Å². The van der Waals surface area contributed by atoms with Gasteiger partial charge in [-0.2, -0.15) is 0 Å². The summed E-state index contributed by atoms with van der Waals surface area (Å²) in [5, 5.41) is 3.41. The standard InChI is InChI=1S/C15H29N/c1-11(2)15(3,10-16-4)9-14-8-12-5-6-13(14)7-12/h11-14,16H,5-10H2,1-4H3. The zero-order chi connectivity index (χ0) is 11.8. The monoisotopic (exact) mass is 223 g/mol. The SMILES string of the molecule is CNCC(C)(CC1CC2CCC1C2)C(C)C. The van der Waals surface area contributed by atoms with Gasteiger partial charge in [0, 0.05) is 6.54 Å².